The summed E-state index contributed by atoms with van der Waals surface area (Å²) in [7, 11) is 0. The van der Waals surface area contributed by atoms with Crippen LogP contribution in [0.25, 0.3) is 10.9 Å². The van der Waals surface area contributed by atoms with Gasteiger partial charge in [0.2, 0.25) is 0 Å². The number of piperidine rings is 1. The van der Waals surface area contributed by atoms with Gasteiger partial charge in [0.1, 0.15) is 0 Å². The van der Waals surface area contributed by atoms with Crippen molar-refractivity contribution in [2.45, 2.75) is 51.5 Å². The van der Waals surface area contributed by atoms with E-state index in [0.717, 1.165) is 13.1 Å². The molecular weight excluding hydrogens is 244 g/mol. The van der Waals surface area contributed by atoms with E-state index in [1.54, 1.807) is 0 Å². The fourth-order valence-corrected chi connectivity index (χ4v) is 3.36. The van der Waals surface area contributed by atoms with E-state index in [-0.39, 0.29) is 0 Å². The minimum Gasteiger partial charge on any atom is -0.344 e. The van der Waals surface area contributed by atoms with Gasteiger partial charge in [-0.1, -0.05) is 38.0 Å². The molecule has 2 nitrogen and oxygen atoms in total. The lowest BCUT2D eigenvalue weighted by Gasteiger charge is -2.24. The van der Waals surface area contributed by atoms with Gasteiger partial charge in [-0.05, 0) is 37.3 Å². The van der Waals surface area contributed by atoms with E-state index in [4.69, 9.17) is 0 Å². The minimum absolute atomic E-state index is 0.650. The Morgan fingerprint density at radius 3 is 2.75 bits per heavy atom. The van der Waals surface area contributed by atoms with E-state index >= 15 is 0 Å². The molecule has 0 bridgehead atoms. The first-order valence-electron chi connectivity index (χ1n) is 8.12. The normalized spacial score (nSPS) is 16.9. The third kappa shape index (κ3) is 2.76. The average Bonchev–Trinajstić information content (AvgIpc) is 2.88. The molecule has 0 N–H and O–H groups in total. The number of benzene rings is 1. The predicted octanol–water partition coefficient (Wildman–Crippen LogP) is 4.31. The first kappa shape index (κ1) is 13.7. The molecule has 1 aromatic heterocycles. The van der Waals surface area contributed by atoms with Crippen LogP contribution in [0.4, 0.5) is 0 Å². The number of aromatic nitrogens is 1. The largest absolute Gasteiger partial charge is 0.344 e. The van der Waals surface area contributed by atoms with Crippen molar-refractivity contribution in [3.05, 3.63) is 36.0 Å². The molecule has 1 aliphatic rings. The van der Waals surface area contributed by atoms with E-state index < -0.39 is 0 Å². The van der Waals surface area contributed by atoms with Crippen molar-refractivity contribution in [3.8, 4) is 0 Å². The Morgan fingerprint density at radius 2 is 1.95 bits per heavy atom. The van der Waals surface area contributed by atoms with Crippen molar-refractivity contribution >= 4 is 10.9 Å². The highest BCUT2D eigenvalue weighted by atomic mass is 15.0. The Labute approximate surface area is 122 Å². The zero-order chi connectivity index (χ0) is 13.8. The van der Waals surface area contributed by atoms with E-state index in [2.05, 4.69) is 47.3 Å². The summed E-state index contributed by atoms with van der Waals surface area (Å²) in [5.41, 5.74) is 2.96. The molecule has 1 aliphatic heterocycles. The summed E-state index contributed by atoms with van der Waals surface area (Å²) in [4.78, 5) is 0. The minimum atomic E-state index is 0.650. The van der Waals surface area contributed by atoms with Gasteiger partial charge in [0.25, 0.3) is 0 Å². The molecule has 2 aromatic rings. The summed E-state index contributed by atoms with van der Waals surface area (Å²) in [6.07, 6.45) is 9.99. The maximum absolute atomic E-state index is 4.49. The highest BCUT2D eigenvalue weighted by Crippen LogP contribution is 2.29. The van der Waals surface area contributed by atoms with Crippen molar-refractivity contribution < 1.29 is 0 Å². The Hall–Kier alpha value is -1.28. The molecular formula is C18H25N2. The molecule has 0 spiro atoms. The fraction of sp³-hybridized carbons (Fsp3) is 0.556. The fourth-order valence-electron chi connectivity index (χ4n) is 3.36. The van der Waals surface area contributed by atoms with Crippen molar-refractivity contribution in [1.82, 2.24) is 9.88 Å². The lowest BCUT2D eigenvalue weighted by atomic mass is 10.1. The molecule has 107 valence electrons. The molecule has 1 saturated heterocycles. The molecule has 1 aromatic carbocycles. The first-order chi connectivity index (χ1) is 9.90. The molecule has 20 heavy (non-hydrogen) atoms. The van der Waals surface area contributed by atoms with E-state index in [1.807, 2.05) is 0 Å². The van der Waals surface area contributed by atoms with Crippen LogP contribution in [0.1, 0.15) is 50.6 Å². The highest BCUT2D eigenvalue weighted by Gasteiger charge is 2.18. The standard InChI is InChI=1S/C18H25N2/c1-2-3-4-7-15-14-20(16-10-12-19-13-11-16)18-9-6-5-8-17(15)18/h5-6,8-9,14,16H,2-4,7,10-13H2,1H3. The van der Waals surface area contributed by atoms with Gasteiger partial charge in [-0.2, -0.15) is 0 Å². The lowest BCUT2D eigenvalue weighted by molar-refractivity contribution is 0.371. The molecule has 2 heterocycles. The third-order valence-electron chi connectivity index (χ3n) is 4.51. The third-order valence-corrected chi connectivity index (χ3v) is 4.51. The summed E-state index contributed by atoms with van der Waals surface area (Å²) in [6.45, 7) is 4.33. The zero-order valence-corrected chi connectivity index (χ0v) is 12.5. The van der Waals surface area contributed by atoms with E-state index in [1.165, 1.54) is 55.0 Å². The van der Waals surface area contributed by atoms with Gasteiger partial charge in [0.05, 0.1) is 0 Å². The molecule has 0 atom stereocenters. The second-order valence-electron chi connectivity index (χ2n) is 5.94. The van der Waals surface area contributed by atoms with Crippen LogP contribution in [-0.4, -0.2) is 17.7 Å². The monoisotopic (exact) mass is 269 g/mol. The summed E-state index contributed by atoms with van der Waals surface area (Å²) >= 11 is 0. The summed E-state index contributed by atoms with van der Waals surface area (Å²) in [6, 6.07) is 9.57. The van der Waals surface area contributed by atoms with Gasteiger partial charge < -0.3 is 4.57 Å². The van der Waals surface area contributed by atoms with Gasteiger partial charge in [-0.3, -0.25) is 0 Å². The van der Waals surface area contributed by atoms with E-state index in [0.29, 0.717) is 6.04 Å². The molecule has 1 fully saturated rings. The number of fused-ring (bicyclic) bond motifs is 1. The number of hydrogen-bond donors (Lipinski definition) is 0. The Bertz CT molecular complexity index is 550. The van der Waals surface area contributed by atoms with Crippen LogP contribution >= 0.6 is 0 Å². The number of rotatable bonds is 5. The molecule has 0 amide bonds. The molecule has 2 heteroatoms. The topological polar surface area (TPSA) is 19.0 Å². The van der Waals surface area contributed by atoms with Crippen LogP contribution in [0.2, 0.25) is 0 Å². The summed E-state index contributed by atoms with van der Waals surface area (Å²) in [5.74, 6) is 0. The predicted molar refractivity (Wildman–Crippen MR) is 85.3 cm³/mol. The van der Waals surface area contributed by atoms with Crippen LogP contribution in [0, 0.1) is 0 Å². The van der Waals surface area contributed by atoms with Crippen LogP contribution in [-0.2, 0) is 6.42 Å². The number of hydrogen-bond acceptors (Lipinski definition) is 0. The van der Waals surface area contributed by atoms with Gasteiger partial charge in [-0.15, -0.1) is 0 Å². The Morgan fingerprint density at radius 1 is 1.15 bits per heavy atom. The van der Waals surface area contributed by atoms with Crippen LogP contribution in [0.15, 0.2) is 30.5 Å². The smallest absolute Gasteiger partial charge is 0.0485 e. The highest BCUT2D eigenvalue weighted by molar-refractivity contribution is 5.84. The molecule has 0 saturated carbocycles. The summed E-state index contributed by atoms with van der Waals surface area (Å²) in [5, 5.41) is 5.95. The number of aryl methyl sites for hydroxylation is 1. The maximum atomic E-state index is 4.49. The van der Waals surface area contributed by atoms with Gasteiger partial charge in [0.15, 0.2) is 0 Å². The molecule has 1 radical (unpaired) electrons. The maximum Gasteiger partial charge on any atom is 0.0485 e. The first-order valence-corrected chi connectivity index (χ1v) is 8.12. The zero-order valence-electron chi connectivity index (χ0n) is 12.5. The number of nitrogens with zero attached hydrogens (tertiary/aromatic N) is 2. The second-order valence-corrected chi connectivity index (χ2v) is 5.94. The van der Waals surface area contributed by atoms with Crippen molar-refractivity contribution in [2.75, 3.05) is 13.1 Å². The molecule has 0 unspecified atom stereocenters. The second kappa shape index (κ2) is 6.45. The van der Waals surface area contributed by atoms with Crippen molar-refractivity contribution in [2.24, 2.45) is 0 Å². The Balaban J connectivity index is 1.91. The SMILES string of the molecule is CCCCCc1cn(C2CC[N]CC2)c2ccccc12. The van der Waals surface area contributed by atoms with E-state index in [9.17, 15) is 0 Å². The lowest BCUT2D eigenvalue weighted by Crippen LogP contribution is -2.24. The summed E-state index contributed by atoms with van der Waals surface area (Å²) < 4.78 is 2.53. The van der Waals surface area contributed by atoms with Crippen molar-refractivity contribution in [3.63, 3.8) is 0 Å². The Kier molecular flexibility index (Phi) is 4.41. The molecule has 3 rings (SSSR count). The van der Waals surface area contributed by atoms with Crippen LogP contribution in [0.5, 0.6) is 0 Å². The van der Waals surface area contributed by atoms with Gasteiger partial charge in [0, 0.05) is 36.2 Å². The quantitative estimate of drug-likeness (QED) is 0.720. The molecule has 0 aliphatic carbocycles. The van der Waals surface area contributed by atoms with Gasteiger partial charge in [-0.25, -0.2) is 5.32 Å². The number of para-hydroxylation sites is 1. The van der Waals surface area contributed by atoms with Crippen LogP contribution in [0.3, 0.4) is 0 Å². The van der Waals surface area contributed by atoms with Gasteiger partial charge >= 0.3 is 0 Å². The van der Waals surface area contributed by atoms with Crippen LogP contribution < -0.4 is 5.32 Å². The average molecular weight is 269 g/mol. The number of unbranched alkanes of at least 4 members (excludes halogenated alkanes) is 2. The van der Waals surface area contributed by atoms with Crippen molar-refractivity contribution in [1.29, 1.82) is 0 Å².